The van der Waals surface area contributed by atoms with Gasteiger partial charge in [0.1, 0.15) is 5.56 Å². The average molecular weight is 377 g/mol. The number of amides is 1. The van der Waals surface area contributed by atoms with Crippen molar-refractivity contribution < 1.29 is 4.79 Å². The second kappa shape index (κ2) is 8.10. The minimum atomic E-state index is -0.139. The number of rotatable bonds is 5. The van der Waals surface area contributed by atoms with Crippen LogP contribution in [0.2, 0.25) is 0 Å². The number of aryl methyl sites for hydroxylation is 2. The Bertz CT molecular complexity index is 988. The van der Waals surface area contributed by atoms with Gasteiger partial charge in [0.15, 0.2) is 5.65 Å². The second-order valence-corrected chi connectivity index (χ2v) is 7.62. The zero-order valence-electron chi connectivity index (χ0n) is 16.6. The molecule has 0 aliphatic carbocycles. The lowest BCUT2D eigenvalue weighted by molar-refractivity contribution is 0.0952. The number of likely N-dealkylation sites (tertiary alicyclic amines) is 1. The van der Waals surface area contributed by atoms with Gasteiger partial charge < -0.3 is 5.32 Å². The lowest BCUT2D eigenvalue weighted by Gasteiger charge is -2.27. The van der Waals surface area contributed by atoms with Gasteiger partial charge in [-0.25, -0.2) is 9.50 Å². The Labute approximate surface area is 165 Å². The smallest absolute Gasteiger partial charge is 0.257 e. The van der Waals surface area contributed by atoms with Crippen LogP contribution < -0.4 is 5.32 Å². The highest BCUT2D eigenvalue weighted by molar-refractivity contribution is 5.99. The van der Waals surface area contributed by atoms with Crippen LogP contribution in [0, 0.1) is 13.8 Å². The van der Waals surface area contributed by atoms with Crippen molar-refractivity contribution >= 4 is 11.6 Å². The number of hydrogen-bond acceptors (Lipinski definition) is 4. The Kier molecular flexibility index (Phi) is 5.39. The molecule has 28 heavy (non-hydrogen) atoms. The number of nitrogens with one attached hydrogen (secondary N) is 1. The summed E-state index contributed by atoms with van der Waals surface area (Å²) >= 11 is 0. The largest absolute Gasteiger partial charge is 0.348 e. The predicted octanol–water partition coefficient (Wildman–Crippen LogP) is 3.26. The molecule has 1 amide bonds. The van der Waals surface area contributed by atoms with E-state index in [4.69, 9.17) is 0 Å². The van der Waals surface area contributed by atoms with E-state index in [0.29, 0.717) is 17.8 Å². The van der Waals surface area contributed by atoms with Crippen molar-refractivity contribution in [2.45, 2.75) is 46.2 Å². The highest BCUT2D eigenvalue weighted by atomic mass is 16.1. The monoisotopic (exact) mass is 377 g/mol. The van der Waals surface area contributed by atoms with E-state index in [1.54, 1.807) is 10.7 Å². The number of carbonyl (C=O) groups excluding carboxylic acids is 1. The first-order valence-electron chi connectivity index (χ1n) is 10.0. The maximum Gasteiger partial charge on any atom is 0.257 e. The van der Waals surface area contributed by atoms with E-state index in [1.807, 2.05) is 26.0 Å². The van der Waals surface area contributed by atoms with E-state index in [9.17, 15) is 4.79 Å². The third kappa shape index (κ3) is 3.92. The van der Waals surface area contributed by atoms with Crippen LogP contribution in [-0.2, 0) is 13.1 Å². The summed E-state index contributed by atoms with van der Waals surface area (Å²) < 4.78 is 1.71. The second-order valence-electron chi connectivity index (χ2n) is 7.62. The lowest BCUT2D eigenvalue weighted by atomic mass is 10.0. The van der Waals surface area contributed by atoms with E-state index in [-0.39, 0.29) is 5.91 Å². The summed E-state index contributed by atoms with van der Waals surface area (Å²) in [6.45, 7) is 7.67. The van der Waals surface area contributed by atoms with Gasteiger partial charge in [0.05, 0.1) is 6.20 Å². The molecule has 146 valence electrons. The molecule has 6 nitrogen and oxygen atoms in total. The molecule has 1 fully saturated rings. The number of hydrogen-bond donors (Lipinski definition) is 1. The molecule has 2 aromatic heterocycles. The molecule has 0 atom stereocenters. The Hall–Kier alpha value is -2.73. The van der Waals surface area contributed by atoms with Gasteiger partial charge in [0, 0.05) is 24.5 Å². The Morgan fingerprint density at radius 3 is 2.64 bits per heavy atom. The quantitative estimate of drug-likeness (QED) is 0.741. The summed E-state index contributed by atoms with van der Waals surface area (Å²) in [4.78, 5) is 19.8. The van der Waals surface area contributed by atoms with Gasteiger partial charge in [-0.2, -0.15) is 5.10 Å². The van der Waals surface area contributed by atoms with Crippen LogP contribution in [0.25, 0.3) is 5.65 Å². The number of piperidine rings is 1. The third-order valence-corrected chi connectivity index (χ3v) is 5.42. The molecule has 1 aliphatic heterocycles. The Morgan fingerprint density at radius 1 is 1.11 bits per heavy atom. The summed E-state index contributed by atoms with van der Waals surface area (Å²) in [5.41, 5.74) is 5.42. The first-order chi connectivity index (χ1) is 13.6. The highest BCUT2D eigenvalue weighted by Gasteiger charge is 2.16. The molecule has 0 spiro atoms. The Balaban J connectivity index is 1.48. The molecule has 4 rings (SSSR count). The van der Waals surface area contributed by atoms with Gasteiger partial charge in [0.2, 0.25) is 0 Å². The molecule has 3 aromatic rings. The number of aromatic nitrogens is 3. The normalized spacial score (nSPS) is 15.1. The molecule has 0 unspecified atom stereocenters. The maximum absolute atomic E-state index is 12.8. The molecule has 1 aliphatic rings. The van der Waals surface area contributed by atoms with Crippen molar-refractivity contribution in [1.82, 2.24) is 24.8 Å². The first kappa shape index (κ1) is 18.6. The van der Waals surface area contributed by atoms with E-state index in [1.165, 1.54) is 30.4 Å². The highest BCUT2D eigenvalue weighted by Crippen LogP contribution is 2.17. The van der Waals surface area contributed by atoms with Crippen LogP contribution in [-0.4, -0.2) is 38.5 Å². The summed E-state index contributed by atoms with van der Waals surface area (Å²) in [6.07, 6.45) is 5.49. The van der Waals surface area contributed by atoms with Gasteiger partial charge in [-0.3, -0.25) is 9.69 Å². The van der Waals surface area contributed by atoms with E-state index in [2.05, 4.69) is 38.5 Å². The first-order valence-corrected chi connectivity index (χ1v) is 10.0. The molecule has 1 saturated heterocycles. The van der Waals surface area contributed by atoms with E-state index in [0.717, 1.165) is 31.0 Å². The molecule has 0 saturated carbocycles. The number of nitrogens with zero attached hydrogens (tertiary/aromatic N) is 4. The van der Waals surface area contributed by atoms with Gasteiger partial charge in [0.25, 0.3) is 5.91 Å². The third-order valence-electron chi connectivity index (χ3n) is 5.42. The number of benzene rings is 1. The maximum atomic E-state index is 12.8. The van der Waals surface area contributed by atoms with Crippen LogP contribution in [0.15, 0.2) is 36.5 Å². The minimum Gasteiger partial charge on any atom is -0.348 e. The summed E-state index contributed by atoms with van der Waals surface area (Å²) in [7, 11) is 0. The van der Waals surface area contributed by atoms with E-state index < -0.39 is 0 Å². The predicted molar refractivity (Wildman–Crippen MR) is 109 cm³/mol. The topological polar surface area (TPSA) is 62.5 Å². The van der Waals surface area contributed by atoms with Crippen LogP contribution in [0.4, 0.5) is 0 Å². The van der Waals surface area contributed by atoms with Gasteiger partial charge in [-0.05, 0) is 57.0 Å². The van der Waals surface area contributed by atoms with Crippen molar-refractivity contribution in [2.75, 3.05) is 13.1 Å². The number of fused-ring (bicyclic) bond motifs is 1. The molecule has 0 bridgehead atoms. The van der Waals surface area contributed by atoms with Gasteiger partial charge in [-0.1, -0.05) is 30.7 Å². The molecule has 3 heterocycles. The zero-order valence-corrected chi connectivity index (χ0v) is 16.6. The summed E-state index contributed by atoms with van der Waals surface area (Å²) in [5.74, 6) is -0.139. The average Bonchev–Trinajstić information content (AvgIpc) is 3.12. The standard InChI is InChI=1S/C22H27N5O/c1-16-12-17(2)27-21(25-16)20(14-24-27)22(28)23-13-18-8-4-5-9-19(18)15-26-10-6-3-7-11-26/h4-5,8-9,12,14H,3,6-7,10-11,13,15H2,1-2H3,(H,23,28). The molecule has 6 heteroatoms. The van der Waals surface area contributed by atoms with Crippen molar-refractivity contribution in [3.8, 4) is 0 Å². The van der Waals surface area contributed by atoms with E-state index >= 15 is 0 Å². The SMILES string of the molecule is Cc1cc(C)n2ncc(C(=O)NCc3ccccc3CN3CCCCC3)c2n1. The fourth-order valence-electron chi connectivity index (χ4n) is 3.94. The molecular formula is C22H27N5O. The Morgan fingerprint density at radius 2 is 1.86 bits per heavy atom. The summed E-state index contributed by atoms with van der Waals surface area (Å²) in [5, 5.41) is 7.38. The van der Waals surface area contributed by atoms with Crippen LogP contribution in [0.3, 0.4) is 0 Å². The summed E-state index contributed by atoms with van der Waals surface area (Å²) in [6, 6.07) is 10.3. The van der Waals surface area contributed by atoms with Crippen molar-refractivity contribution in [2.24, 2.45) is 0 Å². The molecule has 0 radical (unpaired) electrons. The molecular weight excluding hydrogens is 350 g/mol. The van der Waals surface area contributed by atoms with Crippen molar-refractivity contribution in [3.63, 3.8) is 0 Å². The van der Waals surface area contributed by atoms with Crippen LogP contribution >= 0.6 is 0 Å². The molecule has 1 N–H and O–H groups in total. The zero-order chi connectivity index (χ0) is 19.5. The van der Waals surface area contributed by atoms with Crippen molar-refractivity contribution in [1.29, 1.82) is 0 Å². The lowest BCUT2D eigenvalue weighted by Crippen LogP contribution is -2.30. The van der Waals surface area contributed by atoms with Crippen LogP contribution in [0.1, 0.15) is 52.1 Å². The fourth-order valence-corrected chi connectivity index (χ4v) is 3.94. The number of carbonyl (C=O) groups is 1. The van der Waals surface area contributed by atoms with Crippen LogP contribution in [0.5, 0.6) is 0 Å². The molecule has 1 aromatic carbocycles. The fraction of sp³-hybridized carbons (Fsp3) is 0.409. The minimum absolute atomic E-state index is 0.139. The van der Waals surface area contributed by atoms with Gasteiger partial charge in [-0.15, -0.1) is 0 Å². The van der Waals surface area contributed by atoms with Crippen molar-refractivity contribution in [3.05, 3.63) is 64.6 Å². The van der Waals surface area contributed by atoms with Gasteiger partial charge >= 0.3 is 0 Å².